The van der Waals surface area contributed by atoms with Crippen LogP contribution in [0.5, 0.6) is 5.75 Å². The summed E-state index contributed by atoms with van der Waals surface area (Å²) in [5.74, 6) is 0.768. The topological polar surface area (TPSA) is 52.3 Å². The molecule has 0 atom stereocenters. The maximum absolute atomic E-state index is 12.0. The van der Waals surface area contributed by atoms with E-state index in [1.54, 1.807) is 19.3 Å². The fourth-order valence-electron chi connectivity index (χ4n) is 1.86. The molecule has 0 saturated carbocycles. The minimum atomic E-state index is 0.0285. The van der Waals surface area contributed by atoms with Crippen LogP contribution in [0.15, 0.2) is 53.0 Å². The summed E-state index contributed by atoms with van der Waals surface area (Å²) in [6.07, 6.45) is 3.69. The lowest BCUT2D eigenvalue weighted by Crippen LogP contribution is -2.00. The Kier molecular flexibility index (Phi) is 5.17. The van der Waals surface area contributed by atoms with Crippen LogP contribution >= 0.6 is 15.9 Å². The standard InChI is InChI=1S/C17H16BrNO2/c1-21-16-8-9-17(18)13(11-16)10-15(20)7-4-12-2-5-14(19)6-3-12/h2-9,11H,10,19H2,1H3/b7-4+. The number of ether oxygens (including phenoxy) is 1. The molecule has 2 rings (SSSR count). The van der Waals surface area contributed by atoms with E-state index in [9.17, 15) is 4.79 Å². The summed E-state index contributed by atoms with van der Waals surface area (Å²) in [5.41, 5.74) is 8.18. The predicted molar refractivity (Wildman–Crippen MR) is 89.3 cm³/mol. The summed E-state index contributed by atoms with van der Waals surface area (Å²) in [6.45, 7) is 0. The zero-order valence-electron chi connectivity index (χ0n) is 11.7. The molecule has 0 amide bonds. The highest BCUT2D eigenvalue weighted by atomic mass is 79.9. The molecule has 2 aromatic rings. The first-order valence-electron chi connectivity index (χ1n) is 6.47. The normalized spacial score (nSPS) is 10.8. The smallest absolute Gasteiger partial charge is 0.160 e. The molecule has 3 nitrogen and oxygen atoms in total. The Labute approximate surface area is 132 Å². The number of halogens is 1. The maximum atomic E-state index is 12.0. The first-order chi connectivity index (χ1) is 10.1. The number of carbonyl (C=O) groups is 1. The van der Waals surface area contributed by atoms with E-state index in [1.165, 1.54) is 0 Å². The molecule has 0 radical (unpaired) electrons. The van der Waals surface area contributed by atoms with Crippen LogP contribution < -0.4 is 10.5 Å². The van der Waals surface area contributed by atoms with E-state index in [1.807, 2.05) is 42.5 Å². The lowest BCUT2D eigenvalue weighted by Gasteiger charge is -2.05. The number of hydrogen-bond donors (Lipinski definition) is 1. The number of allylic oxidation sites excluding steroid dienone is 1. The molecule has 0 fully saturated rings. The van der Waals surface area contributed by atoms with Crippen LogP contribution in [0.3, 0.4) is 0 Å². The van der Waals surface area contributed by atoms with Crippen molar-refractivity contribution in [3.63, 3.8) is 0 Å². The predicted octanol–water partition coefficient (Wildman–Crippen LogP) is 3.86. The summed E-state index contributed by atoms with van der Waals surface area (Å²) in [5, 5.41) is 0. The van der Waals surface area contributed by atoms with E-state index < -0.39 is 0 Å². The van der Waals surface area contributed by atoms with Gasteiger partial charge in [0, 0.05) is 16.6 Å². The van der Waals surface area contributed by atoms with Crippen molar-refractivity contribution in [2.75, 3.05) is 12.8 Å². The Morgan fingerprint density at radius 3 is 2.62 bits per heavy atom. The molecular weight excluding hydrogens is 330 g/mol. The second kappa shape index (κ2) is 7.09. The van der Waals surface area contributed by atoms with Crippen LogP contribution in [0.1, 0.15) is 11.1 Å². The number of rotatable bonds is 5. The highest BCUT2D eigenvalue weighted by Crippen LogP contribution is 2.23. The summed E-state index contributed by atoms with van der Waals surface area (Å²) in [7, 11) is 1.61. The van der Waals surface area contributed by atoms with Crippen molar-refractivity contribution >= 4 is 33.5 Å². The third-order valence-corrected chi connectivity index (χ3v) is 3.79. The molecular formula is C17H16BrNO2. The van der Waals surface area contributed by atoms with Gasteiger partial charge in [-0.3, -0.25) is 4.79 Å². The van der Waals surface area contributed by atoms with Crippen molar-refractivity contribution in [3.8, 4) is 5.75 Å². The lowest BCUT2D eigenvalue weighted by atomic mass is 10.1. The Morgan fingerprint density at radius 1 is 1.24 bits per heavy atom. The fraction of sp³-hybridized carbons (Fsp3) is 0.118. The van der Waals surface area contributed by atoms with E-state index in [-0.39, 0.29) is 5.78 Å². The minimum absolute atomic E-state index is 0.0285. The summed E-state index contributed by atoms with van der Waals surface area (Å²) in [4.78, 5) is 12.0. The van der Waals surface area contributed by atoms with Gasteiger partial charge in [-0.15, -0.1) is 0 Å². The highest BCUT2D eigenvalue weighted by molar-refractivity contribution is 9.10. The molecule has 2 N–H and O–H groups in total. The third kappa shape index (κ3) is 4.46. The van der Waals surface area contributed by atoms with E-state index in [2.05, 4.69) is 15.9 Å². The van der Waals surface area contributed by atoms with Crippen molar-refractivity contribution in [1.29, 1.82) is 0 Å². The monoisotopic (exact) mass is 345 g/mol. The zero-order valence-corrected chi connectivity index (χ0v) is 13.3. The van der Waals surface area contributed by atoms with E-state index in [4.69, 9.17) is 10.5 Å². The average Bonchev–Trinajstić information content (AvgIpc) is 2.49. The Balaban J connectivity index is 2.06. The molecule has 0 heterocycles. The van der Waals surface area contributed by atoms with Crippen LogP contribution in [0.4, 0.5) is 5.69 Å². The van der Waals surface area contributed by atoms with Gasteiger partial charge in [-0.2, -0.15) is 0 Å². The number of ketones is 1. The molecule has 0 aromatic heterocycles. The lowest BCUT2D eigenvalue weighted by molar-refractivity contribution is -0.113. The van der Waals surface area contributed by atoms with Gasteiger partial charge < -0.3 is 10.5 Å². The van der Waals surface area contributed by atoms with Crippen LogP contribution in [-0.4, -0.2) is 12.9 Å². The molecule has 2 aromatic carbocycles. The summed E-state index contributed by atoms with van der Waals surface area (Å²) < 4.78 is 6.07. The molecule has 0 saturated heterocycles. The molecule has 0 bridgehead atoms. The number of benzene rings is 2. The molecule has 0 unspecified atom stereocenters. The zero-order chi connectivity index (χ0) is 15.2. The summed E-state index contributed by atoms with van der Waals surface area (Å²) >= 11 is 3.45. The van der Waals surface area contributed by atoms with Crippen LogP contribution in [0.25, 0.3) is 6.08 Å². The number of methoxy groups -OCH3 is 1. The molecule has 108 valence electrons. The fourth-order valence-corrected chi connectivity index (χ4v) is 2.24. The van der Waals surface area contributed by atoms with Crippen molar-refractivity contribution in [1.82, 2.24) is 0 Å². The largest absolute Gasteiger partial charge is 0.497 e. The van der Waals surface area contributed by atoms with Crippen molar-refractivity contribution in [2.24, 2.45) is 0 Å². The van der Waals surface area contributed by atoms with Gasteiger partial charge in [0.05, 0.1) is 7.11 Å². The van der Waals surface area contributed by atoms with Crippen LogP contribution in [0.2, 0.25) is 0 Å². The minimum Gasteiger partial charge on any atom is -0.497 e. The van der Waals surface area contributed by atoms with Gasteiger partial charge in [-0.25, -0.2) is 0 Å². The molecule has 0 spiro atoms. The number of nitrogens with two attached hydrogens (primary N) is 1. The number of nitrogen functional groups attached to an aromatic ring is 1. The number of hydrogen-bond acceptors (Lipinski definition) is 3. The van der Waals surface area contributed by atoms with E-state index >= 15 is 0 Å². The van der Waals surface area contributed by atoms with Gasteiger partial charge in [0.25, 0.3) is 0 Å². The van der Waals surface area contributed by atoms with Crippen molar-refractivity contribution < 1.29 is 9.53 Å². The first kappa shape index (κ1) is 15.3. The van der Waals surface area contributed by atoms with E-state index in [0.29, 0.717) is 12.1 Å². The van der Waals surface area contributed by atoms with E-state index in [0.717, 1.165) is 21.3 Å². The van der Waals surface area contributed by atoms with Gasteiger partial charge >= 0.3 is 0 Å². The number of carbonyl (C=O) groups excluding carboxylic acids is 1. The quantitative estimate of drug-likeness (QED) is 0.661. The maximum Gasteiger partial charge on any atom is 0.160 e. The molecule has 0 aliphatic carbocycles. The van der Waals surface area contributed by atoms with Gasteiger partial charge in [-0.05, 0) is 47.5 Å². The second-order valence-electron chi connectivity index (χ2n) is 4.60. The van der Waals surface area contributed by atoms with Gasteiger partial charge in [0.2, 0.25) is 0 Å². The van der Waals surface area contributed by atoms with Crippen LogP contribution in [0, 0.1) is 0 Å². The molecule has 4 heteroatoms. The average molecular weight is 346 g/mol. The Hall–Kier alpha value is -2.07. The van der Waals surface area contributed by atoms with Gasteiger partial charge in [-0.1, -0.05) is 34.1 Å². The highest BCUT2D eigenvalue weighted by Gasteiger charge is 2.06. The van der Waals surface area contributed by atoms with Crippen LogP contribution in [-0.2, 0) is 11.2 Å². The SMILES string of the molecule is COc1ccc(Br)c(CC(=O)/C=C/c2ccc(N)cc2)c1. The van der Waals surface area contributed by atoms with Crippen molar-refractivity contribution in [3.05, 3.63) is 64.1 Å². The molecule has 0 aliphatic heterocycles. The second-order valence-corrected chi connectivity index (χ2v) is 5.45. The Bertz CT molecular complexity index is 663. The molecule has 0 aliphatic rings. The third-order valence-electron chi connectivity index (χ3n) is 3.02. The summed E-state index contributed by atoms with van der Waals surface area (Å²) in [6, 6.07) is 13.0. The van der Waals surface area contributed by atoms with Crippen molar-refractivity contribution in [2.45, 2.75) is 6.42 Å². The molecule has 21 heavy (non-hydrogen) atoms. The number of anilines is 1. The first-order valence-corrected chi connectivity index (χ1v) is 7.26. The van der Waals surface area contributed by atoms with Gasteiger partial charge in [0.1, 0.15) is 5.75 Å². The van der Waals surface area contributed by atoms with Gasteiger partial charge in [0.15, 0.2) is 5.78 Å². The Morgan fingerprint density at radius 2 is 1.95 bits per heavy atom.